The number of ether oxygens (including phenoxy) is 1. The molecule has 2 aliphatic rings. The van der Waals surface area contributed by atoms with E-state index in [9.17, 15) is 13.2 Å². The van der Waals surface area contributed by atoms with Gasteiger partial charge in [0.05, 0.1) is 36.5 Å². The minimum absolute atomic E-state index is 0.00421. The van der Waals surface area contributed by atoms with Crippen molar-refractivity contribution in [2.75, 3.05) is 31.2 Å². The van der Waals surface area contributed by atoms with Gasteiger partial charge in [-0.05, 0) is 12.8 Å². The molecule has 0 bridgehead atoms. The Morgan fingerprint density at radius 1 is 1.40 bits per heavy atom. The normalized spacial score (nSPS) is 23.7. The summed E-state index contributed by atoms with van der Waals surface area (Å²) in [5.41, 5.74) is 0.739. The lowest BCUT2D eigenvalue weighted by Gasteiger charge is -2.35. The first-order chi connectivity index (χ1) is 11.9. The molecule has 2 amide bonds. The molecule has 2 heterocycles. The van der Waals surface area contributed by atoms with Gasteiger partial charge in [-0.25, -0.2) is 13.2 Å². The second-order valence-corrected chi connectivity index (χ2v) is 9.01. The van der Waals surface area contributed by atoms with Crippen molar-refractivity contribution in [1.29, 1.82) is 0 Å². The second kappa shape index (κ2) is 7.74. The Bertz CT molecular complexity index is 697. The molecule has 25 heavy (non-hydrogen) atoms. The highest BCUT2D eigenvalue weighted by molar-refractivity contribution is 7.91. The summed E-state index contributed by atoms with van der Waals surface area (Å²) in [6.07, 6.45) is 8.32. The van der Waals surface area contributed by atoms with Crippen LogP contribution in [0.25, 0.3) is 0 Å². The molecule has 140 valence electrons. The predicted octanol–water partition coefficient (Wildman–Crippen LogP) is 0.860. The van der Waals surface area contributed by atoms with Crippen LogP contribution in [0.3, 0.4) is 0 Å². The Labute approximate surface area is 148 Å². The van der Waals surface area contributed by atoms with Crippen molar-refractivity contribution < 1.29 is 17.9 Å². The van der Waals surface area contributed by atoms with Gasteiger partial charge in [0.1, 0.15) is 0 Å². The third-order valence-corrected chi connectivity index (χ3v) is 6.46. The summed E-state index contributed by atoms with van der Waals surface area (Å²) in [7, 11) is -1.39. The number of urea groups is 1. The minimum atomic E-state index is -3.16. The standard InChI is InChI=1S/C16H26N4O4S/c1-19-11-13(10-18-19)15-12-25(22,23)9-7-20(15)16(21)17-6-8-24-14-4-2-3-5-14/h10-11,14-15H,2-9,12H2,1H3,(H,17,21)/t15-/m1/s1. The molecule has 8 nitrogen and oxygen atoms in total. The first-order valence-corrected chi connectivity index (χ1v) is 10.6. The van der Waals surface area contributed by atoms with Crippen LogP contribution < -0.4 is 5.32 Å². The fraction of sp³-hybridized carbons (Fsp3) is 0.750. The number of aryl methyl sites for hydroxylation is 1. The molecule has 0 aromatic carbocycles. The van der Waals surface area contributed by atoms with E-state index in [-0.39, 0.29) is 24.1 Å². The largest absolute Gasteiger partial charge is 0.376 e. The van der Waals surface area contributed by atoms with Crippen molar-refractivity contribution in [3.63, 3.8) is 0 Å². The molecule has 1 saturated carbocycles. The maximum Gasteiger partial charge on any atom is 0.318 e. The molecule has 1 aromatic rings. The highest BCUT2D eigenvalue weighted by Gasteiger charge is 2.35. The van der Waals surface area contributed by atoms with Gasteiger partial charge in [0, 0.05) is 31.9 Å². The van der Waals surface area contributed by atoms with Gasteiger partial charge < -0.3 is 15.0 Å². The Morgan fingerprint density at radius 3 is 2.84 bits per heavy atom. The molecular formula is C16H26N4O4S. The molecule has 1 aliphatic carbocycles. The highest BCUT2D eigenvalue weighted by Crippen LogP contribution is 2.26. The van der Waals surface area contributed by atoms with Gasteiger partial charge in [-0.2, -0.15) is 5.10 Å². The van der Waals surface area contributed by atoms with E-state index in [1.54, 1.807) is 29.0 Å². The minimum Gasteiger partial charge on any atom is -0.376 e. The molecule has 1 aromatic heterocycles. The molecular weight excluding hydrogens is 344 g/mol. The van der Waals surface area contributed by atoms with Gasteiger partial charge >= 0.3 is 6.03 Å². The lowest BCUT2D eigenvalue weighted by molar-refractivity contribution is 0.0603. The van der Waals surface area contributed by atoms with E-state index in [1.165, 1.54) is 12.8 Å². The van der Waals surface area contributed by atoms with Crippen LogP contribution in [0.2, 0.25) is 0 Å². The number of hydrogen-bond acceptors (Lipinski definition) is 5. The zero-order valence-corrected chi connectivity index (χ0v) is 15.4. The first kappa shape index (κ1) is 18.2. The van der Waals surface area contributed by atoms with Crippen molar-refractivity contribution >= 4 is 15.9 Å². The van der Waals surface area contributed by atoms with Crippen LogP contribution in [-0.4, -0.2) is 66.4 Å². The van der Waals surface area contributed by atoms with Gasteiger partial charge in [-0.1, -0.05) is 12.8 Å². The summed E-state index contributed by atoms with van der Waals surface area (Å²) in [5, 5.41) is 6.95. The summed E-state index contributed by atoms with van der Waals surface area (Å²) in [6.45, 7) is 1.11. The fourth-order valence-corrected chi connectivity index (χ4v) is 4.97. The smallest absolute Gasteiger partial charge is 0.318 e. The topological polar surface area (TPSA) is 93.5 Å². The van der Waals surface area contributed by atoms with Gasteiger partial charge in [0.2, 0.25) is 0 Å². The maximum absolute atomic E-state index is 12.5. The van der Waals surface area contributed by atoms with Crippen LogP contribution in [0.4, 0.5) is 4.79 Å². The van der Waals surface area contributed by atoms with Crippen LogP contribution in [0.1, 0.15) is 37.3 Å². The molecule has 0 unspecified atom stereocenters. The van der Waals surface area contributed by atoms with Crippen LogP contribution in [0.15, 0.2) is 12.4 Å². The zero-order chi connectivity index (χ0) is 17.9. The lowest BCUT2D eigenvalue weighted by Crippen LogP contribution is -2.50. The van der Waals surface area contributed by atoms with E-state index in [0.29, 0.717) is 19.3 Å². The second-order valence-electron chi connectivity index (χ2n) is 6.78. The summed E-state index contributed by atoms with van der Waals surface area (Å²) < 4.78 is 31.4. The van der Waals surface area contributed by atoms with Crippen molar-refractivity contribution in [2.24, 2.45) is 7.05 Å². The van der Waals surface area contributed by atoms with E-state index in [0.717, 1.165) is 18.4 Å². The van der Waals surface area contributed by atoms with E-state index in [2.05, 4.69) is 10.4 Å². The third-order valence-electron chi connectivity index (χ3n) is 4.84. The number of carbonyl (C=O) groups is 1. The number of sulfone groups is 1. The average molecular weight is 370 g/mol. The van der Waals surface area contributed by atoms with E-state index in [1.807, 2.05) is 0 Å². The average Bonchev–Trinajstić information content (AvgIpc) is 3.22. The monoisotopic (exact) mass is 370 g/mol. The van der Waals surface area contributed by atoms with Crippen LogP contribution >= 0.6 is 0 Å². The third kappa shape index (κ3) is 4.72. The number of aromatic nitrogens is 2. The van der Waals surface area contributed by atoms with E-state index >= 15 is 0 Å². The molecule has 2 fully saturated rings. The molecule has 1 atom stereocenters. The fourth-order valence-electron chi connectivity index (χ4n) is 3.48. The van der Waals surface area contributed by atoms with Crippen molar-refractivity contribution in [2.45, 2.75) is 37.8 Å². The van der Waals surface area contributed by atoms with Crippen LogP contribution in [0.5, 0.6) is 0 Å². The van der Waals surface area contributed by atoms with Crippen molar-refractivity contribution in [3.05, 3.63) is 18.0 Å². The molecule has 1 N–H and O–H groups in total. The molecule has 3 rings (SSSR count). The number of nitrogens with zero attached hydrogens (tertiary/aromatic N) is 3. The lowest BCUT2D eigenvalue weighted by atomic mass is 10.1. The van der Waals surface area contributed by atoms with E-state index < -0.39 is 15.9 Å². The molecule has 9 heteroatoms. The Morgan fingerprint density at radius 2 is 2.16 bits per heavy atom. The Hall–Kier alpha value is -1.61. The Kier molecular flexibility index (Phi) is 5.63. The summed E-state index contributed by atoms with van der Waals surface area (Å²) in [5.74, 6) is -0.0690. The quantitative estimate of drug-likeness (QED) is 0.776. The van der Waals surface area contributed by atoms with Gasteiger partial charge in [-0.15, -0.1) is 0 Å². The summed E-state index contributed by atoms with van der Waals surface area (Å²) in [6, 6.07) is -0.748. The first-order valence-electron chi connectivity index (χ1n) is 8.80. The van der Waals surface area contributed by atoms with E-state index in [4.69, 9.17) is 4.74 Å². The molecule has 0 spiro atoms. The maximum atomic E-state index is 12.5. The highest BCUT2D eigenvalue weighted by atomic mass is 32.2. The molecule has 0 radical (unpaired) electrons. The number of nitrogens with one attached hydrogen (secondary N) is 1. The summed E-state index contributed by atoms with van der Waals surface area (Å²) in [4.78, 5) is 14.1. The van der Waals surface area contributed by atoms with Crippen LogP contribution in [0, 0.1) is 0 Å². The van der Waals surface area contributed by atoms with Crippen molar-refractivity contribution in [3.8, 4) is 0 Å². The van der Waals surface area contributed by atoms with Gasteiger partial charge in [-0.3, -0.25) is 4.68 Å². The number of rotatable bonds is 5. The van der Waals surface area contributed by atoms with Crippen LogP contribution in [-0.2, 0) is 21.6 Å². The molecule has 1 saturated heterocycles. The number of carbonyl (C=O) groups excluding carboxylic acids is 1. The number of amides is 2. The SMILES string of the molecule is Cn1cc([C@H]2CS(=O)(=O)CCN2C(=O)NCCOC2CCCC2)cn1. The predicted molar refractivity (Wildman–Crippen MR) is 92.9 cm³/mol. The zero-order valence-electron chi connectivity index (χ0n) is 14.6. The van der Waals surface area contributed by atoms with Crippen molar-refractivity contribution in [1.82, 2.24) is 20.0 Å². The van der Waals surface area contributed by atoms with Gasteiger partial charge in [0.25, 0.3) is 0 Å². The molecule has 1 aliphatic heterocycles. The van der Waals surface area contributed by atoms with Gasteiger partial charge in [0.15, 0.2) is 9.84 Å². The number of hydrogen-bond donors (Lipinski definition) is 1. The Balaban J connectivity index is 1.56. The summed E-state index contributed by atoms with van der Waals surface area (Å²) >= 11 is 0.